The van der Waals surface area contributed by atoms with Crippen LogP contribution in [0.15, 0.2) is 48.5 Å². The number of carbonyl (C=O) groups excluding carboxylic acids is 1. The van der Waals surface area contributed by atoms with Crippen LogP contribution in [0.4, 0.5) is 5.13 Å². The molecule has 0 saturated heterocycles. The number of aromatic nitrogens is 4. The van der Waals surface area contributed by atoms with E-state index in [0.29, 0.717) is 5.13 Å². The largest absolute Gasteiger partial charge is 0.290 e. The molecule has 114 valence electrons. The summed E-state index contributed by atoms with van der Waals surface area (Å²) >= 11 is 1.50. The van der Waals surface area contributed by atoms with Gasteiger partial charge in [0.1, 0.15) is 12.1 Å². The third-order valence-electron chi connectivity index (χ3n) is 3.65. The number of likely N-dealkylation sites (N-methyl/N-ethyl adjacent to an activating group) is 1. The number of carbonyl (C=O) groups is 1. The number of para-hydroxylation sites is 2. The zero-order chi connectivity index (χ0) is 15.8. The van der Waals surface area contributed by atoms with Crippen molar-refractivity contribution in [3.8, 4) is 0 Å². The molecule has 0 spiro atoms. The fourth-order valence-corrected chi connectivity index (χ4v) is 3.32. The van der Waals surface area contributed by atoms with Crippen LogP contribution in [0.25, 0.3) is 21.3 Å². The molecule has 0 N–H and O–H groups in total. The Bertz CT molecular complexity index is 973. The molecule has 0 saturated carbocycles. The normalized spacial score (nSPS) is 11.2. The van der Waals surface area contributed by atoms with Gasteiger partial charge in [-0.25, -0.2) is 9.67 Å². The van der Waals surface area contributed by atoms with Gasteiger partial charge in [0, 0.05) is 7.05 Å². The maximum absolute atomic E-state index is 12.5. The second-order valence-electron chi connectivity index (χ2n) is 5.15. The Morgan fingerprint density at radius 2 is 1.87 bits per heavy atom. The van der Waals surface area contributed by atoms with Gasteiger partial charge in [-0.3, -0.25) is 9.69 Å². The minimum Gasteiger partial charge on any atom is -0.290 e. The Morgan fingerprint density at radius 1 is 1.13 bits per heavy atom. The van der Waals surface area contributed by atoms with Crippen LogP contribution in [0.5, 0.6) is 0 Å². The number of fused-ring (bicyclic) bond motifs is 2. The van der Waals surface area contributed by atoms with Crippen molar-refractivity contribution in [2.45, 2.75) is 6.54 Å². The number of thiazole rings is 1. The summed E-state index contributed by atoms with van der Waals surface area (Å²) in [5, 5.41) is 8.81. The molecule has 7 heteroatoms. The van der Waals surface area contributed by atoms with Gasteiger partial charge >= 0.3 is 0 Å². The van der Waals surface area contributed by atoms with E-state index in [0.717, 1.165) is 21.3 Å². The van der Waals surface area contributed by atoms with Crippen molar-refractivity contribution in [3.05, 3.63) is 48.5 Å². The van der Waals surface area contributed by atoms with Gasteiger partial charge in [0.25, 0.3) is 0 Å². The molecule has 0 unspecified atom stereocenters. The Kier molecular flexibility index (Phi) is 3.27. The van der Waals surface area contributed by atoms with Crippen LogP contribution in [-0.2, 0) is 11.3 Å². The number of rotatable bonds is 3. The molecule has 4 rings (SSSR count). The lowest BCUT2D eigenvalue weighted by Gasteiger charge is -2.13. The average Bonchev–Trinajstić information content (AvgIpc) is 3.18. The highest BCUT2D eigenvalue weighted by atomic mass is 32.1. The van der Waals surface area contributed by atoms with Gasteiger partial charge in [-0.15, -0.1) is 5.10 Å². The quantitative estimate of drug-likeness (QED) is 0.581. The second kappa shape index (κ2) is 5.44. The molecule has 23 heavy (non-hydrogen) atoms. The van der Waals surface area contributed by atoms with E-state index in [-0.39, 0.29) is 12.5 Å². The van der Waals surface area contributed by atoms with Crippen LogP contribution in [-0.4, -0.2) is 32.9 Å². The molecule has 0 fully saturated rings. The zero-order valence-corrected chi connectivity index (χ0v) is 13.2. The minimum absolute atomic E-state index is 0.0836. The van der Waals surface area contributed by atoms with E-state index in [1.807, 2.05) is 48.5 Å². The van der Waals surface area contributed by atoms with Crippen molar-refractivity contribution in [1.82, 2.24) is 20.0 Å². The lowest BCUT2D eigenvalue weighted by atomic mass is 10.3. The summed E-state index contributed by atoms with van der Waals surface area (Å²) in [4.78, 5) is 18.6. The fourth-order valence-electron chi connectivity index (χ4n) is 2.38. The fraction of sp³-hybridized carbons (Fsp3) is 0.125. The Balaban J connectivity index is 1.60. The Morgan fingerprint density at radius 3 is 2.70 bits per heavy atom. The van der Waals surface area contributed by atoms with E-state index < -0.39 is 0 Å². The van der Waals surface area contributed by atoms with Gasteiger partial charge in [0.2, 0.25) is 5.91 Å². The molecule has 2 heterocycles. The highest BCUT2D eigenvalue weighted by molar-refractivity contribution is 7.22. The van der Waals surface area contributed by atoms with Gasteiger partial charge in [0.05, 0.1) is 15.7 Å². The predicted octanol–water partition coefficient (Wildman–Crippen LogP) is 2.70. The van der Waals surface area contributed by atoms with Crippen molar-refractivity contribution in [2.75, 3.05) is 11.9 Å². The molecular formula is C16H13N5OS. The summed E-state index contributed by atoms with van der Waals surface area (Å²) in [7, 11) is 1.74. The Hall–Kier alpha value is -2.80. The maximum atomic E-state index is 12.5. The van der Waals surface area contributed by atoms with Gasteiger partial charge < -0.3 is 0 Å². The molecule has 2 aromatic heterocycles. The molecule has 1 amide bonds. The molecule has 4 aromatic rings. The number of hydrogen-bond donors (Lipinski definition) is 0. The monoisotopic (exact) mass is 323 g/mol. The first-order valence-corrected chi connectivity index (χ1v) is 7.94. The van der Waals surface area contributed by atoms with Crippen molar-refractivity contribution in [3.63, 3.8) is 0 Å². The molecule has 0 aliphatic carbocycles. The van der Waals surface area contributed by atoms with Gasteiger partial charge in [-0.1, -0.05) is 40.8 Å². The molecule has 0 bridgehead atoms. The SMILES string of the molecule is CN(C(=O)Cn1nnc2ccccc21)c1nc2ccccc2s1. The standard InChI is InChI=1S/C16H13N5OS/c1-20(16-17-12-7-3-5-9-14(12)23-16)15(22)10-21-13-8-4-2-6-11(13)18-19-21/h2-9H,10H2,1H3. The molecule has 2 aromatic carbocycles. The lowest BCUT2D eigenvalue weighted by molar-refractivity contribution is -0.119. The molecule has 0 aliphatic heterocycles. The highest BCUT2D eigenvalue weighted by Crippen LogP contribution is 2.28. The zero-order valence-electron chi connectivity index (χ0n) is 12.4. The van der Waals surface area contributed by atoms with E-state index in [9.17, 15) is 4.79 Å². The number of amides is 1. The summed E-state index contributed by atoms with van der Waals surface area (Å²) in [6.07, 6.45) is 0. The number of anilines is 1. The van der Waals surface area contributed by atoms with E-state index >= 15 is 0 Å². The first-order chi connectivity index (χ1) is 11.2. The van der Waals surface area contributed by atoms with Gasteiger partial charge in [-0.05, 0) is 24.3 Å². The third kappa shape index (κ3) is 2.44. The van der Waals surface area contributed by atoms with E-state index in [4.69, 9.17) is 0 Å². The highest BCUT2D eigenvalue weighted by Gasteiger charge is 2.17. The summed E-state index contributed by atoms with van der Waals surface area (Å²) < 4.78 is 2.68. The second-order valence-corrected chi connectivity index (χ2v) is 6.16. The van der Waals surface area contributed by atoms with E-state index in [1.165, 1.54) is 11.3 Å². The lowest BCUT2D eigenvalue weighted by Crippen LogP contribution is -2.30. The van der Waals surface area contributed by atoms with Crippen LogP contribution >= 0.6 is 11.3 Å². The van der Waals surface area contributed by atoms with Crippen LogP contribution in [0.3, 0.4) is 0 Å². The molecule has 0 radical (unpaired) electrons. The summed E-state index contributed by atoms with van der Waals surface area (Å²) in [5.74, 6) is -0.0836. The van der Waals surface area contributed by atoms with Gasteiger partial charge in [-0.2, -0.15) is 0 Å². The topological polar surface area (TPSA) is 63.9 Å². The molecule has 6 nitrogen and oxygen atoms in total. The van der Waals surface area contributed by atoms with Crippen LogP contribution in [0.1, 0.15) is 0 Å². The van der Waals surface area contributed by atoms with E-state index in [1.54, 1.807) is 16.6 Å². The summed E-state index contributed by atoms with van der Waals surface area (Å²) in [6.45, 7) is 0.132. The van der Waals surface area contributed by atoms with Crippen molar-refractivity contribution < 1.29 is 4.79 Å². The number of benzene rings is 2. The van der Waals surface area contributed by atoms with Gasteiger partial charge in [0.15, 0.2) is 5.13 Å². The molecular weight excluding hydrogens is 310 g/mol. The first kappa shape index (κ1) is 13.8. The van der Waals surface area contributed by atoms with Crippen molar-refractivity contribution >= 4 is 43.6 Å². The predicted molar refractivity (Wildman–Crippen MR) is 90.6 cm³/mol. The van der Waals surface area contributed by atoms with Crippen LogP contribution < -0.4 is 4.90 Å². The average molecular weight is 323 g/mol. The number of nitrogens with zero attached hydrogens (tertiary/aromatic N) is 5. The first-order valence-electron chi connectivity index (χ1n) is 7.13. The van der Waals surface area contributed by atoms with Crippen LogP contribution in [0.2, 0.25) is 0 Å². The third-order valence-corrected chi connectivity index (χ3v) is 4.76. The molecule has 0 aliphatic rings. The minimum atomic E-state index is -0.0836. The smallest absolute Gasteiger partial charge is 0.250 e. The van der Waals surface area contributed by atoms with Crippen molar-refractivity contribution in [1.29, 1.82) is 0 Å². The maximum Gasteiger partial charge on any atom is 0.250 e. The van der Waals surface area contributed by atoms with Crippen LogP contribution in [0, 0.1) is 0 Å². The summed E-state index contributed by atoms with van der Waals surface area (Å²) in [6, 6.07) is 15.4. The van der Waals surface area contributed by atoms with E-state index in [2.05, 4.69) is 15.3 Å². The summed E-state index contributed by atoms with van der Waals surface area (Å²) in [5.41, 5.74) is 2.53. The Labute approximate surface area is 136 Å². The van der Waals surface area contributed by atoms with Crippen molar-refractivity contribution in [2.24, 2.45) is 0 Å². The number of hydrogen-bond acceptors (Lipinski definition) is 5. The molecule has 0 atom stereocenters.